The van der Waals surface area contributed by atoms with Crippen molar-refractivity contribution < 1.29 is 22.9 Å². The molecule has 0 bridgehead atoms. The van der Waals surface area contributed by atoms with Crippen LogP contribution in [0, 0.1) is 10.1 Å². The molecule has 1 unspecified atom stereocenters. The van der Waals surface area contributed by atoms with E-state index >= 15 is 0 Å². The standard InChI is InChI=1S/C21H25N5O6S/c1-3-24(13-14-32-2)33(30,31)23-21(27)25-15-19(16-7-5-4-6-8-16)20(22-25)17-9-11-18(12-10-17)26(28)29/h4-12,19H,3,13-15H2,1-2H3,(H,23,27). The zero-order chi connectivity index (χ0) is 24.0. The summed E-state index contributed by atoms with van der Waals surface area (Å²) in [6.07, 6.45) is 0. The average molecular weight is 476 g/mol. The SMILES string of the molecule is CCN(CCOC)S(=O)(=O)NC(=O)N1CC(c2ccccc2)C(c2ccc([N+](=O)[O-])cc2)=N1. The average Bonchev–Trinajstić information content (AvgIpc) is 3.25. The van der Waals surface area contributed by atoms with Gasteiger partial charge in [-0.3, -0.25) is 10.1 Å². The van der Waals surface area contributed by atoms with Crippen molar-refractivity contribution in [2.24, 2.45) is 5.10 Å². The van der Waals surface area contributed by atoms with Gasteiger partial charge in [-0.2, -0.15) is 17.8 Å². The van der Waals surface area contributed by atoms with E-state index in [9.17, 15) is 23.3 Å². The van der Waals surface area contributed by atoms with Crippen LogP contribution in [0.5, 0.6) is 0 Å². The van der Waals surface area contributed by atoms with Crippen molar-refractivity contribution in [3.63, 3.8) is 0 Å². The van der Waals surface area contributed by atoms with Crippen LogP contribution in [0.4, 0.5) is 10.5 Å². The minimum absolute atomic E-state index is 0.0648. The summed E-state index contributed by atoms with van der Waals surface area (Å²) in [5, 5.41) is 16.4. The van der Waals surface area contributed by atoms with Crippen molar-refractivity contribution in [1.82, 2.24) is 14.0 Å². The highest BCUT2D eigenvalue weighted by atomic mass is 32.2. The molecule has 1 aliphatic heterocycles. The summed E-state index contributed by atoms with van der Waals surface area (Å²) in [6, 6.07) is 14.3. The number of rotatable bonds is 9. The summed E-state index contributed by atoms with van der Waals surface area (Å²) in [7, 11) is -2.63. The van der Waals surface area contributed by atoms with Crippen LogP contribution in [0.15, 0.2) is 59.7 Å². The molecule has 176 valence electrons. The normalized spacial score (nSPS) is 16.0. The number of hydrazone groups is 1. The van der Waals surface area contributed by atoms with Crippen molar-refractivity contribution in [3.8, 4) is 0 Å². The largest absolute Gasteiger partial charge is 0.383 e. The molecule has 1 aliphatic rings. The molecule has 0 aliphatic carbocycles. The van der Waals surface area contributed by atoms with Crippen molar-refractivity contribution in [2.45, 2.75) is 12.8 Å². The number of likely N-dealkylation sites (N-methyl/N-ethyl adjacent to an activating group) is 1. The fourth-order valence-electron chi connectivity index (χ4n) is 3.46. The van der Waals surface area contributed by atoms with E-state index in [2.05, 4.69) is 9.82 Å². The number of urea groups is 1. The molecular weight excluding hydrogens is 450 g/mol. The van der Waals surface area contributed by atoms with Gasteiger partial charge in [0.15, 0.2) is 0 Å². The van der Waals surface area contributed by atoms with Crippen LogP contribution in [0.25, 0.3) is 0 Å². The van der Waals surface area contributed by atoms with Gasteiger partial charge in [0.2, 0.25) is 0 Å². The Morgan fingerprint density at radius 3 is 2.48 bits per heavy atom. The van der Waals surface area contributed by atoms with Gasteiger partial charge >= 0.3 is 16.2 Å². The summed E-state index contributed by atoms with van der Waals surface area (Å²) in [6.45, 7) is 2.22. The molecule has 1 heterocycles. The van der Waals surface area contributed by atoms with E-state index in [1.54, 1.807) is 19.1 Å². The first-order valence-electron chi connectivity index (χ1n) is 10.2. The third-order valence-corrected chi connectivity index (χ3v) is 6.73. The number of ether oxygens (including phenoxy) is 1. The van der Waals surface area contributed by atoms with Gasteiger partial charge in [-0.25, -0.2) is 14.5 Å². The molecule has 12 heteroatoms. The molecule has 11 nitrogen and oxygen atoms in total. The molecule has 2 aromatic rings. The summed E-state index contributed by atoms with van der Waals surface area (Å²) >= 11 is 0. The highest BCUT2D eigenvalue weighted by Gasteiger charge is 2.34. The van der Waals surface area contributed by atoms with Crippen molar-refractivity contribution in [1.29, 1.82) is 0 Å². The molecule has 2 aromatic carbocycles. The molecule has 0 spiro atoms. The second-order valence-corrected chi connectivity index (χ2v) is 8.90. The summed E-state index contributed by atoms with van der Waals surface area (Å²) in [5.41, 5.74) is 1.92. The van der Waals surface area contributed by atoms with Gasteiger partial charge in [-0.1, -0.05) is 37.3 Å². The Morgan fingerprint density at radius 2 is 1.91 bits per heavy atom. The van der Waals surface area contributed by atoms with Crippen LogP contribution in [0.3, 0.4) is 0 Å². The van der Waals surface area contributed by atoms with E-state index in [0.717, 1.165) is 14.9 Å². The lowest BCUT2D eigenvalue weighted by atomic mass is 9.90. The van der Waals surface area contributed by atoms with E-state index in [1.807, 2.05) is 30.3 Å². The maximum atomic E-state index is 12.8. The summed E-state index contributed by atoms with van der Waals surface area (Å²) in [5.74, 6) is -0.336. The molecule has 0 radical (unpaired) electrons. The van der Waals surface area contributed by atoms with Crippen LogP contribution >= 0.6 is 0 Å². The third-order valence-electron chi connectivity index (χ3n) is 5.18. The minimum atomic E-state index is -4.09. The number of methoxy groups -OCH3 is 1. The van der Waals surface area contributed by atoms with Gasteiger partial charge < -0.3 is 4.74 Å². The Bertz CT molecular complexity index is 1120. The van der Waals surface area contributed by atoms with E-state index < -0.39 is 21.2 Å². The number of carbonyl (C=O) groups is 1. The number of hydrogen-bond acceptors (Lipinski definition) is 7. The van der Waals surface area contributed by atoms with Crippen molar-refractivity contribution >= 4 is 27.6 Å². The highest BCUT2D eigenvalue weighted by Crippen LogP contribution is 2.29. The molecule has 33 heavy (non-hydrogen) atoms. The number of carbonyl (C=O) groups excluding carboxylic acids is 1. The minimum Gasteiger partial charge on any atom is -0.383 e. The molecule has 0 fully saturated rings. The van der Waals surface area contributed by atoms with Crippen molar-refractivity contribution in [2.75, 3.05) is 33.4 Å². The van der Waals surface area contributed by atoms with Gasteiger partial charge in [0.1, 0.15) is 0 Å². The topological polar surface area (TPSA) is 134 Å². The molecule has 2 amide bonds. The fraction of sp³-hybridized carbons (Fsp3) is 0.333. The lowest BCUT2D eigenvalue weighted by Crippen LogP contribution is -2.48. The number of nitro benzene ring substituents is 1. The molecule has 1 atom stereocenters. The predicted molar refractivity (Wildman–Crippen MR) is 122 cm³/mol. The smallest absolute Gasteiger partial charge is 0.352 e. The molecule has 3 rings (SSSR count). The lowest BCUT2D eigenvalue weighted by molar-refractivity contribution is -0.384. The number of nitrogens with one attached hydrogen (secondary N) is 1. The van der Waals surface area contributed by atoms with E-state index in [0.29, 0.717) is 11.3 Å². The van der Waals surface area contributed by atoms with Gasteiger partial charge in [-0.15, -0.1) is 0 Å². The molecule has 0 saturated carbocycles. The first kappa shape index (κ1) is 24.3. The second-order valence-electron chi connectivity index (χ2n) is 7.23. The van der Waals surface area contributed by atoms with Gasteiger partial charge in [0.25, 0.3) is 5.69 Å². The molecule has 1 N–H and O–H groups in total. The van der Waals surface area contributed by atoms with Crippen LogP contribution in [0.2, 0.25) is 0 Å². The number of amides is 2. The maximum absolute atomic E-state index is 12.8. The summed E-state index contributed by atoms with van der Waals surface area (Å²) < 4.78 is 33.4. The fourth-order valence-corrected chi connectivity index (χ4v) is 4.57. The first-order chi connectivity index (χ1) is 15.8. The monoisotopic (exact) mass is 475 g/mol. The number of benzene rings is 2. The first-order valence-corrected chi connectivity index (χ1v) is 11.7. The quantitative estimate of drug-likeness (QED) is 0.437. The third kappa shape index (κ3) is 5.72. The Labute approximate surface area is 192 Å². The van der Waals surface area contributed by atoms with Gasteiger partial charge in [0.05, 0.1) is 23.8 Å². The number of hydrogen-bond donors (Lipinski definition) is 1. The Kier molecular flexibility index (Phi) is 7.74. The van der Waals surface area contributed by atoms with Gasteiger partial charge in [0, 0.05) is 38.2 Å². The van der Waals surface area contributed by atoms with E-state index in [1.165, 1.54) is 19.2 Å². The zero-order valence-electron chi connectivity index (χ0n) is 18.2. The van der Waals surface area contributed by atoms with Gasteiger partial charge in [-0.05, 0) is 23.3 Å². The number of nitro groups is 1. The van der Waals surface area contributed by atoms with Crippen LogP contribution in [-0.2, 0) is 14.9 Å². The lowest BCUT2D eigenvalue weighted by Gasteiger charge is -2.22. The Balaban J connectivity index is 1.88. The Hall–Kier alpha value is -3.35. The maximum Gasteiger partial charge on any atom is 0.352 e. The van der Waals surface area contributed by atoms with Crippen LogP contribution in [0.1, 0.15) is 24.0 Å². The number of non-ortho nitro benzene ring substituents is 1. The molecule has 0 aromatic heterocycles. The second kappa shape index (κ2) is 10.5. The predicted octanol–water partition coefficient (Wildman–Crippen LogP) is 2.32. The summed E-state index contributed by atoms with van der Waals surface area (Å²) in [4.78, 5) is 23.3. The van der Waals surface area contributed by atoms with Crippen LogP contribution in [-0.4, -0.2) is 67.7 Å². The number of nitrogens with zero attached hydrogens (tertiary/aromatic N) is 4. The van der Waals surface area contributed by atoms with Crippen molar-refractivity contribution in [3.05, 3.63) is 75.8 Å². The van der Waals surface area contributed by atoms with E-state index in [4.69, 9.17) is 4.74 Å². The zero-order valence-corrected chi connectivity index (χ0v) is 19.1. The highest BCUT2D eigenvalue weighted by molar-refractivity contribution is 7.87. The Morgan fingerprint density at radius 1 is 1.24 bits per heavy atom. The van der Waals surface area contributed by atoms with E-state index in [-0.39, 0.29) is 37.8 Å². The van der Waals surface area contributed by atoms with Crippen LogP contribution < -0.4 is 4.72 Å². The molecular formula is C21H25N5O6S. The molecule has 0 saturated heterocycles.